The van der Waals surface area contributed by atoms with E-state index in [0.29, 0.717) is 41.5 Å². The fourth-order valence-corrected chi connectivity index (χ4v) is 2.32. The zero-order valence-corrected chi connectivity index (χ0v) is 11.5. The van der Waals surface area contributed by atoms with Crippen LogP contribution < -0.4 is 14.8 Å². The van der Waals surface area contributed by atoms with Crippen LogP contribution in [0.5, 0.6) is 11.5 Å². The molecule has 2 heterocycles. The smallest absolute Gasteiger partial charge is 0.255 e. The van der Waals surface area contributed by atoms with Crippen molar-refractivity contribution >= 4 is 22.7 Å². The SMILES string of the molecule is O=C(Nc1ccc2c(c1)OCCO2)c1ccc2ncoc2c1. The van der Waals surface area contributed by atoms with Gasteiger partial charge in [0, 0.05) is 17.3 Å². The Morgan fingerprint density at radius 3 is 2.82 bits per heavy atom. The summed E-state index contributed by atoms with van der Waals surface area (Å²) >= 11 is 0. The molecule has 1 aliphatic rings. The summed E-state index contributed by atoms with van der Waals surface area (Å²) in [5.74, 6) is 1.09. The summed E-state index contributed by atoms with van der Waals surface area (Å²) in [6, 6.07) is 10.4. The number of nitrogens with one attached hydrogen (secondary N) is 1. The van der Waals surface area contributed by atoms with Gasteiger partial charge in [-0.1, -0.05) is 0 Å². The fourth-order valence-electron chi connectivity index (χ4n) is 2.32. The molecular formula is C16H12N2O4. The first kappa shape index (κ1) is 12.7. The highest BCUT2D eigenvalue weighted by atomic mass is 16.6. The maximum Gasteiger partial charge on any atom is 0.255 e. The van der Waals surface area contributed by atoms with Crippen LogP contribution in [0.1, 0.15) is 10.4 Å². The molecule has 0 unspecified atom stereocenters. The van der Waals surface area contributed by atoms with Gasteiger partial charge in [-0.2, -0.15) is 0 Å². The van der Waals surface area contributed by atoms with Crippen LogP contribution >= 0.6 is 0 Å². The summed E-state index contributed by atoms with van der Waals surface area (Å²) < 4.78 is 16.2. The van der Waals surface area contributed by atoms with E-state index in [1.807, 2.05) is 0 Å². The van der Waals surface area contributed by atoms with Gasteiger partial charge in [-0.15, -0.1) is 0 Å². The van der Waals surface area contributed by atoms with Crippen molar-refractivity contribution in [2.75, 3.05) is 18.5 Å². The third-order valence-corrected chi connectivity index (χ3v) is 3.39. The van der Waals surface area contributed by atoms with E-state index in [2.05, 4.69) is 10.3 Å². The lowest BCUT2D eigenvalue weighted by molar-refractivity contribution is 0.102. The molecule has 6 heteroatoms. The van der Waals surface area contributed by atoms with Crippen LogP contribution in [0.2, 0.25) is 0 Å². The van der Waals surface area contributed by atoms with Crippen molar-refractivity contribution in [3.8, 4) is 11.5 Å². The largest absolute Gasteiger partial charge is 0.486 e. The van der Waals surface area contributed by atoms with Gasteiger partial charge in [0.1, 0.15) is 18.7 Å². The van der Waals surface area contributed by atoms with Crippen LogP contribution in [0, 0.1) is 0 Å². The van der Waals surface area contributed by atoms with Crippen LogP contribution in [-0.4, -0.2) is 24.1 Å². The Kier molecular flexibility index (Phi) is 2.93. The van der Waals surface area contributed by atoms with Crippen molar-refractivity contribution in [2.45, 2.75) is 0 Å². The molecule has 2 aromatic carbocycles. The Labute approximate surface area is 125 Å². The Bertz CT molecular complexity index is 856. The van der Waals surface area contributed by atoms with Crippen LogP contribution in [-0.2, 0) is 0 Å². The second-order valence-corrected chi connectivity index (χ2v) is 4.85. The Hall–Kier alpha value is -3.02. The van der Waals surface area contributed by atoms with E-state index >= 15 is 0 Å². The topological polar surface area (TPSA) is 73.6 Å². The third kappa shape index (κ3) is 2.24. The van der Waals surface area contributed by atoms with Gasteiger partial charge >= 0.3 is 0 Å². The molecule has 0 atom stereocenters. The first-order valence-corrected chi connectivity index (χ1v) is 6.84. The third-order valence-electron chi connectivity index (χ3n) is 3.39. The maximum absolute atomic E-state index is 12.3. The van der Waals surface area contributed by atoms with E-state index in [1.165, 1.54) is 6.39 Å². The summed E-state index contributed by atoms with van der Waals surface area (Å²) in [6.45, 7) is 1.04. The number of hydrogen-bond acceptors (Lipinski definition) is 5. The number of amides is 1. The number of ether oxygens (including phenoxy) is 2. The second kappa shape index (κ2) is 5.07. The van der Waals surface area contributed by atoms with Gasteiger partial charge < -0.3 is 19.2 Å². The second-order valence-electron chi connectivity index (χ2n) is 4.85. The molecule has 0 saturated carbocycles. The summed E-state index contributed by atoms with van der Waals surface area (Å²) in [5, 5.41) is 2.83. The lowest BCUT2D eigenvalue weighted by Crippen LogP contribution is -2.16. The minimum Gasteiger partial charge on any atom is -0.486 e. The Morgan fingerprint density at radius 2 is 1.91 bits per heavy atom. The number of benzene rings is 2. The zero-order valence-electron chi connectivity index (χ0n) is 11.5. The average molecular weight is 296 g/mol. The number of nitrogens with zero attached hydrogens (tertiary/aromatic N) is 1. The number of rotatable bonds is 2. The first-order valence-electron chi connectivity index (χ1n) is 6.84. The molecule has 0 saturated heterocycles. The molecule has 0 radical (unpaired) electrons. The van der Waals surface area contributed by atoms with Crippen molar-refractivity contribution < 1.29 is 18.7 Å². The number of oxazole rings is 1. The van der Waals surface area contributed by atoms with Crippen molar-refractivity contribution in [3.05, 3.63) is 48.4 Å². The van der Waals surface area contributed by atoms with E-state index < -0.39 is 0 Å². The van der Waals surface area contributed by atoms with Gasteiger partial charge in [0.25, 0.3) is 5.91 Å². The van der Waals surface area contributed by atoms with Gasteiger partial charge in [0.15, 0.2) is 23.5 Å². The Balaban J connectivity index is 1.58. The predicted molar refractivity (Wildman–Crippen MR) is 79.4 cm³/mol. The van der Waals surface area contributed by atoms with Gasteiger partial charge in [-0.3, -0.25) is 4.79 Å². The van der Waals surface area contributed by atoms with Crippen molar-refractivity contribution in [3.63, 3.8) is 0 Å². The molecular weight excluding hydrogens is 284 g/mol. The first-order chi connectivity index (χ1) is 10.8. The molecule has 1 aliphatic heterocycles. The van der Waals surface area contributed by atoms with Gasteiger partial charge in [-0.05, 0) is 30.3 Å². The number of anilines is 1. The van der Waals surface area contributed by atoms with E-state index in [9.17, 15) is 4.79 Å². The highest BCUT2D eigenvalue weighted by Crippen LogP contribution is 2.32. The highest BCUT2D eigenvalue weighted by molar-refractivity contribution is 6.05. The number of aromatic nitrogens is 1. The molecule has 0 spiro atoms. The molecule has 1 aromatic heterocycles. The van der Waals surface area contributed by atoms with Gasteiger partial charge in [-0.25, -0.2) is 4.98 Å². The van der Waals surface area contributed by atoms with Crippen molar-refractivity contribution in [2.24, 2.45) is 0 Å². The van der Waals surface area contributed by atoms with E-state index in [4.69, 9.17) is 13.9 Å². The van der Waals surface area contributed by atoms with Crippen LogP contribution in [0.15, 0.2) is 47.2 Å². The number of hydrogen-bond donors (Lipinski definition) is 1. The minimum atomic E-state index is -0.227. The monoisotopic (exact) mass is 296 g/mol. The van der Waals surface area contributed by atoms with Crippen molar-refractivity contribution in [1.29, 1.82) is 0 Å². The summed E-state index contributed by atoms with van der Waals surface area (Å²) in [6.07, 6.45) is 1.35. The molecule has 0 aliphatic carbocycles. The number of carbonyl (C=O) groups excluding carboxylic acids is 1. The lowest BCUT2D eigenvalue weighted by Gasteiger charge is -2.19. The maximum atomic E-state index is 12.3. The van der Waals surface area contributed by atoms with Gasteiger partial charge in [0.05, 0.1) is 0 Å². The minimum absolute atomic E-state index is 0.227. The van der Waals surface area contributed by atoms with Crippen LogP contribution in [0.25, 0.3) is 11.1 Å². The van der Waals surface area contributed by atoms with Crippen molar-refractivity contribution in [1.82, 2.24) is 4.98 Å². The van der Waals surface area contributed by atoms with E-state index in [0.717, 1.165) is 5.52 Å². The molecule has 0 bridgehead atoms. The molecule has 110 valence electrons. The molecule has 6 nitrogen and oxygen atoms in total. The normalized spacial score (nSPS) is 13.1. The van der Waals surface area contributed by atoms with Crippen LogP contribution in [0.4, 0.5) is 5.69 Å². The summed E-state index contributed by atoms with van der Waals surface area (Å²) in [5.41, 5.74) is 2.44. The predicted octanol–water partition coefficient (Wildman–Crippen LogP) is 2.85. The zero-order chi connectivity index (χ0) is 14.9. The molecule has 1 amide bonds. The molecule has 1 N–H and O–H groups in total. The van der Waals surface area contributed by atoms with E-state index in [1.54, 1.807) is 36.4 Å². The fraction of sp³-hybridized carbons (Fsp3) is 0.125. The summed E-state index contributed by atoms with van der Waals surface area (Å²) in [4.78, 5) is 16.3. The quantitative estimate of drug-likeness (QED) is 0.787. The molecule has 3 aromatic rings. The highest BCUT2D eigenvalue weighted by Gasteiger charge is 2.14. The standard InChI is InChI=1S/C16H12N2O4/c19-16(10-1-3-12-14(7-10)22-9-17-12)18-11-2-4-13-15(8-11)21-6-5-20-13/h1-4,7-9H,5-6H2,(H,18,19). The number of carbonyl (C=O) groups is 1. The molecule has 4 rings (SSSR count). The van der Waals surface area contributed by atoms with E-state index in [-0.39, 0.29) is 5.91 Å². The van der Waals surface area contributed by atoms with Gasteiger partial charge in [0.2, 0.25) is 0 Å². The van der Waals surface area contributed by atoms with Crippen LogP contribution in [0.3, 0.4) is 0 Å². The average Bonchev–Trinajstić information content (AvgIpc) is 3.02. The number of fused-ring (bicyclic) bond motifs is 2. The molecule has 22 heavy (non-hydrogen) atoms. The Morgan fingerprint density at radius 1 is 1.05 bits per heavy atom. The lowest BCUT2D eigenvalue weighted by atomic mass is 10.2. The molecule has 0 fully saturated rings. The summed E-state index contributed by atoms with van der Waals surface area (Å²) in [7, 11) is 0.